The third-order valence-electron chi connectivity index (χ3n) is 4.49. The summed E-state index contributed by atoms with van der Waals surface area (Å²) in [6, 6.07) is 5.83. The lowest BCUT2D eigenvalue weighted by Gasteiger charge is -2.25. The summed E-state index contributed by atoms with van der Waals surface area (Å²) in [5, 5.41) is 27.8. The standard InChI is InChI=1S/C20H20N2O7/c1-26-15-7-11-5-6-21-19(12(11)8-16(15)27-2)20(23)13-9-17(28-3)18(29-4)10-14(13)22(24)25/h5-10,21,23H,1-4H3/p-1. The zero-order valence-corrected chi connectivity index (χ0v) is 16.3. The maximum absolute atomic E-state index is 13.3. The van der Waals surface area contributed by atoms with Crippen LogP contribution in [0.1, 0.15) is 16.7 Å². The third-order valence-corrected chi connectivity index (χ3v) is 4.49. The first-order valence-electron chi connectivity index (χ1n) is 8.46. The largest absolute Gasteiger partial charge is 0.870 e. The van der Waals surface area contributed by atoms with E-state index in [1.54, 1.807) is 24.4 Å². The molecule has 0 amide bonds. The molecule has 152 valence electrons. The van der Waals surface area contributed by atoms with E-state index in [2.05, 4.69) is 5.32 Å². The fourth-order valence-corrected chi connectivity index (χ4v) is 3.07. The number of benzene rings is 2. The third kappa shape index (κ3) is 3.49. The molecule has 2 aromatic rings. The van der Waals surface area contributed by atoms with Crippen molar-refractivity contribution in [2.45, 2.75) is 0 Å². The SMILES string of the molecule is COc1cc2c(cc1OC)C(=C([O-])c1cc(OC)c(OC)cc1[N+](=O)[O-])NC=C2. The fraction of sp³-hybridized carbons (Fsp3) is 0.200. The van der Waals surface area contributed by atoms with Gasteiger partial charge in [-0.25, -0.2) is 0 Å². The quantitative estimate of drug-likeness (QED) is 0.447. The number of methoxy groups -OCH3 is 4. The summed E-state index contributed by atoms with van der Waals surface area (Å²) < 4.78 is 20.9. The monoisotopic (exact) mass is 399 g/mol. The van der Waals surface area contributed by atoms with Gasteiger partial charge in [-0.1, -0.05) is 5.76 Å². The van der Waals surface area contributed by atoms with E-state index >= 15 is 0 Å². The average Bonchev–Trinajstić information content (AvgIpc) is 2.75. The van der Waals surface area contributed by atoms with Crippen molar-refractivity contribution < 1.29 is 29.0 Å². The zero-order chi connectivity index (χ0) is 21.1. The molecule has 0 saturated carbocycles. The van der Waals surface area contributed by atoms with Crippen LogP contribution in [0.3, 0.4) is 0 Å². The Labute approximate surface area is 166 Å². The summed E-state index contributed by atoms with van der Waals surface area (Å²) in [7, 11) is 5.75. The Kier molecular flexibility index (Phi) is 5.49. The number of nitro groups is 1. The molecule has 0 saturated heterocycles. The van der Waals surface area contributed by atoms with Crippen LogP contribution >= 0.6 is 0 Å². The second-order valence-corrected chi connectivity index (χ2v) is 5.96. The number of rotatable bonds is 6. The van der Waals surface area contributed by atoms with E-state index in [9.17, 15) is 15.2 Å². The number of nitrogens with zero attached hydrogens (tertiary/aromatic N) is 1. The van der Waals surface area contributed by atoms with Gasteiger partial charge in [0.2, 0.25) is 0 Å². The Morgan fingerprint density at radius 2 is 1.45 bits per heavy atom. The molecule has 29 heavy (non-hydrogen) atoms. The Morgan fingerprint density at radius 1 is 0.897 bits per heavy atom. The maximum atomic E-state index is 13.3. The highest BCUT2D eigenvalue weighted by molar-refractivity contribution is 5.93. The van der Waals surface area contributed by atoms with Gasteiger partial charge in [0.1, 0.15) is 0 Å². The lowest BCUT2D eigenvalue weighted by molar-refractivity contribution is -0.386. The number of nitrogens with one attached hydrogen (secondary N) is 1. The number of hydrogen-bond donors (Lipinski definition) is 1. The van der Waals surface area contributed by atoms with Gasteiger partial charge in [-0.15, -0.1) is 0 Å². The van der Waals surface area contributed by atoms with E-state index in [0.29, 0.717) is 22.6 Å². The van der Waals surface area contributed by atoms with E-state index in [1.807, 2.05) is 0 Å². The average molecular weight is 399 g/mol. The molecule has 9 heteroatoms. The van der Waals surface area contributed by atoms with Gasteiger partial charge < -0.3 is 29.4 Å². The van der Waals surface area contributed by atoms with Crippen LogP contribution in [-0.2, 0) is 0 Å². The smallest absolute Gasteiger partial charge is 0.280 e. The number of fused-ring (bicyclic) bond motifs is 1. The molecule has 9 nitrogen and oxygen atoms in total. The molecule has 0 radical (unpaired) electrons. The molecule has 0 bridgehead atoms. The van der Waals surface area contributed by atoms with Crippen LogP contribution in [0.15, 0.2) is 30.5 Å². The van der Waals surface area contributed by atoms with Gasteiger partial charge in [0.25, 0.3) is 5.69 Å². The minimum absolute atomic E-state index is 0.133. The molecule has 1 aliphatic heterocycles. The predicted molar refractivity (Wildman–Crippen MR) is 105 cm³/mol. The molecule has 0 spiro atoms. The highest BCUT2D eigenvalue weighted by atomic mass is 16.6. The van der Waals surface area contributed by atoms with Gasteiger partial charge in [0.05, 0.1) is 45.0 Å². The van der Waals surface area contributed by atoms with Crippen molar-refractivity contribution in [2.24, 2.45) is 0 Å². The van der Waals surface area contributed by atoms with Crippen molar-refractivity contribution in [1.29, 1.82) is 0 Å². The fourth-order valence-electron chi connectivity index (χ4n) is 3.07. The molecule has 0 unspecified atom stereocenters. The normalized spacial score (nSPS) is 13.8. The van der Waals surface area contributed by atoms with Gasteiger partial charge in [0.15, 0.2) is 23.0 Å². The molecule has 0 aliphatic carbocycles. The molecule has 0 aromatic heterocycles. The highest BCUT2D eigenvalue weighted by Crippen LogP contribution is 2.40. The molecule has 0 atom stereocenters. The van der Waals surface area contributed by atoms with Crippen molar-refractivity contribution in [3.05, 3.63) is 57.3 Å². The number of ether oxygens (including phenoxy) is 4. The molecular weight excluding hydrogens is 380 g/mol. The Bertz CT molecular complexity index is 1030. The van der Waals surface area contributed by atoms with Crippen LogP contribution < -0.4 is 29.4 Å². The minimum Gasteiger partial charge on any atom is -0.870 e. The maximum Gasteiger partial charge on any atom is 0.280 e. The zero-order valence-electron chi connectivity index (χ0n) is 16.3. The topological polar surface area (TPSA) is 115 Å². The summed E-state index contributed by atoms with van der Waals surface area (Å²) in [6.07, 6.45) is 3.34. The molecule has 1 aliphatic rings. The van der Waals surface area contributed by atoms with Crippen LogP contribution in [0.5, 0.6) is 23.0 Å². The summed E-state index contributed by atoms with van der Waals surface area (Å²) in [5.41, 5.74) is 0.871. The number of hydrogen-bond acceptors (Lipinski definition) is 8. The van der Waals surface area contributed by atoms with E-state index in [1.165, 1.54) is 40.6 Å². The first kappa shape index (κ1) is 19.9. The van der Waals surface area contributed by atoms with E-state index < -0.39 is 16.4 Å². The van der Waals surface area contributed by atoms with Crippen molar-refractivity contribution >= 4 is 23.2 Å². The predicted octanol–water partition coefficient (Wildman–Crippen LogP) is 2.39. The van der Waals surface area contributed by atoms with E-state index in [4.69, 9.17) is 18.9 Å². The summed E-state index contributed by atoms with van der Waals surface area (Å²) in [5.74, 6) is 0.720. The van der Waals surface area contributed by atoms with Crippen LogP contribution in [0, 0.1) is 10.1 Å². The summed E-state index contributed by atoms with van der Waals surface area (Å²) in [6.45, 7) is 0. The second kappa shape index (κ2) is 8.01. The van der Waals surface area contributed by atoms with Crippen molar-refractivity contribution in [2.75, 3.05) is 28.4 Å². The van der Waals surface area contributed by atoms with Crippen LogP contribution in [0.4, 0.5) is 5.69 Å². The van der Waals surface area contributed by atoms with Gasteiger partial charge in [0, 0.05) is 17.5 Å². The minimum atomic E-state index is -0.635. The molecule has 0 fully saturated rings. The van der Waals surface area contributed by atoms with Gasteiger partial charge in [-0.2, -0.15) is 0 Å². The van der Waals surface area contributed by atoms with Gasteiger partial charge >= 0.3 is 0 Å². The Morgan fingerprint density at radius 3 is 2.03 bits per heavy atom. The lowest BCUT2D eigenvalue weighted by atomic mass is 9.97. The van der Waals surface area contributed by atoms with Crippen LogP contribution in [0.2, 0.25) is 0 Å². The Balaban J connectivity index is 2.27. The van der Waals surface area contributed by atoms with E-state index in [0.717, 1.165) is 0 Å². The Hall–Kier alpha value is -3.88. The molecular formula is C20H19N2O7-. The summed E-state index contributed by atoms with van der Waals surface area (Å²) >= 11 is 0. The molecule has 2 aromatic carbocycles. The summed E-state index contributed by atoms with van der Waals surface area (Å²) in [4.78, 5) is 10.9. The number of nitro benzene ring substituents is 1. The van der Waals surface area contributed by atoms with Crippen LogP contribution in [0.25, 0.3) is 17.5 Å². The highest BCUT2D eigenvalue weighted by Gasteiger charge is 2.23. The lowest BCUT2D eigenvalue weighted by Crippen LogP contribution is -2.18. The van der Waals surface area contributed by atoms with E-state index in [-0.39, 0.29) is 22.8 Å². The first-order valence-corrected chi connectivity index (χ1v) is 8.46. The van der Waals surface area contributed by atoms with Crippen LogP contribution in [-0.4, -0.2) is 33.4 Å². The molecule has 3 rings (SSSR count). The van der Waals surface area contributed by atoms with Gasteiger partial charge in [-0.05, 0) is 29.8 Å². The van der Waals surface area contributed by atoms with Gasteiger partial charge in [-0.3, -0.25) is 10.1 Å². The van der Waals surface area contributed by atoms with Crippen molar-refractivity contribution in [3.63, 3.8) is 0 Å². The molecule has 1 heterocycles. The molecule has 1 N–H and O–H groups in total. The first-order chi connectivity index (χ1) is 13.9. The second-order valence-electron chi connectivity index (χ2n) is 5.96. The van der Waals surface area contributed by atoms with Crippen molar-refractivity contribution in [1.82, 2.24) is 5.32 Å². The van der Waals surface area contributed by atoms with Crippen molar-refractivity contribution in [3.8, 4) is 23.0 Å².